The number of hydrogen-bond donors (Lipinski definition) is 1. The second-order valence-electron chi connectivity index (χ2n) is 6.46. The Labute approximate surface area is 150 Å². The van der Waals surface area contributed by atoms with Crippen molar-refractivity contribution >= 4 is 10.0 Å². The Balaban J connectivity index is 1.98. The first-order chi connectivity index (χ1) is 12.3. The molecule has 0 amide bonds. The number of hydrogen-bond acceptors (Lipinski definition) is 3. The van der Waals surface area contributed by atoms with Crippen molar-refractivity contribution in [3.63, 3.8) is 0 Å². The molecule has 0 unspecified atom stereocenters. The second-order valence-corrected chi connectivity index (χ2v) is 8.12. The summed E-state index contributed by atoms with van der Waals surface area (Å²) in [6.07, 6.45) is 0.680. The molecule has 1 saturated carbocycles. The smallest absolute Gasteiger partial charge is 0.200 e. The third-order valence-electron chi connectivity index (χ3n) is 4.56. The molecule has 26 heavy (non-hydrogen) atoms. The quantitative estimate of drug-likeness (QED) is 0.797. The summed E-state index contributed by atoms with van der Waals surface area (Å²) in [5.74, 6) is -0.153. The molecule has 142 valence electrons. The van der Waals surface area contributed by atoms with Gasteiger partial charge in [-0.05, 0) is 31.0 Å². The summed E-state index contributed by atoms with van der Waals surface area (Å²) < 4.78 is 64.4. The van der Waals surface area contributed by atoms with Crippen molar-refractivity contribution < 1.29 is 21.6 Å². The molecule has 9 heteroatoms. The number of rotatable bonds is 4. The molecule has 3 rings (SSSR count). The molecule has 0 bridgehead atoms. The van der Waals surface area contributed by atoms with Crippen molar-refractivity contribution in [2.75, 3.05) is 4.83 Å². The van der Waals surface area contributed by atoms with Crippen LogP contribution in [-0.2, 0) is 16.2 Å². The van der Waals surface area contributed by atoms with Gasteiger partial charge in [-0.25, -0.2) is 0 Å². The lowest BCUT2D eigenvalue weighted by atomic mass is 9.96. The highest BCUT2D eigenvalue weighted by Gasteiger charge is 2.36. The topological polar surface area (TPSA) is 64.0 Å². The lowest BCUT2D eigenvalue weighted by Gasteiger charge is -2.17. The van der Waals surface area contributed by atoms with Crippen molar-refractivity contribution in [2.45, 2.75) is 55.5 Å². The largest absolute Gasteiger partial charge is 0.435 e. The zero-order chi connectivity index (χ0) is 18.8. The normalized spacial score (nSPS) is 17.0. The van der Waals surface area contributed by atoms with Gasteiger partial charge in [-0.1, -0.05) is 43.9 Å². The average molecular weight is 387 g/mol. The maximum absolute atomic E-state index is 13.1. The molecule has 1 aromatic heterocycles. The maximum Gasteiger partial charge on any atom is 0.435 e. The van der Waals surface area contributed by atoms with Gasteiger partial charge < -0.3 is 0 Å². The number of aromatic nitrogens is 2. The molecule has 0 radical (unpaired) electrons. The molecule has 1 aliphatic carbocycles. The van der Waals surface area contributed by atoms with E-state index in [-0.39, 0.29) is 16.5 Å². The van der Waals surface area contributed by atoms with Crippen LogP contribution in [0.25, 0.3) is 0 Å². The molecule has 0 spiro atoms. The second kappa shape index (κ2) is 7.30. The fraction of sp³-hybridized carbons (Fsp3) is 0.471. The minimum atomic E-state index is -4.64. The number of nitrogens with zero attached hydrogens (tertiary/aromatic N) is 2. The van der Waals surface area contributed by atoms with Crippen LogP contribution in [0, 0.1) is 0 Å². The number of alkyl halides is 3. The standard InChI is InChI=1S/C17H20F3N3O2S/c18-17(19,20)16-12-15(13-8-4-1-2-5-9-13)23(21-16)22-26(24,25)14-10-6-3-7-11-14/h3,6-7,10-13,22H,1-2,4-5,8-9H2. The Morgan fingerprint density at radius 1 is 1.04 bits per heavy atom. The Morgan fingerprint density at radius 3 is 2.23 bits per heavy atom. The molecule has 5 nitrogen and oxygen atoms in total. The van der Waals surface area contributed by atoms with Gasteiger partial charge in [-0.15, -0.1) is 5.10 Å². The van der Waals surface area contributed by atoms with Crippen LogP contribution in [0.5, 0.6) is 0 Å². The Morgan fingerprint density at radius 2 is 1.65 bits per heavy atom. The zero-order valence-electron chi connectivity index (χ0n) is 14.0. The predicted molar refractivity (Wildman–Crippen MR) is 90.7 cm³/mol. The molecule has 1 fully saturated rings. The van der Waals surface area contributed by atoms with Crippen molar-refractivity contribution in [3.8, 4) is 0 Å². The van der Waals surface area contributed by atoms with Gasteiger partial charge in [-0.2, -0.15) is 31.2 Å². The van der Waals surface area contributed by atoms with Gasteiger partial charge in [0.25, 0.3) is 10.0 Å². The van der Waals surface area contributed by atoms with Crippen molar-refractivity contribution in [1.82, 2.24) is 9.89 Å². The summed E-state index contributed by atoms with van der Waals surface area (Å²) in [5.41, 5.74) is -0.828. The van der Waals surface area contributed by atoms with Gasteiger partial charge in [-0.3, -0.25) is 0 Å². The molecular weight excluding hydrogens is 367 g/mol. The first-order valence-corrected chi connectivity index (χ1v) is 10.0. The maximum atomic E-state index is 13.1. The highest BCUT2D eigenvalue weighted by atomic mass is 32.2. The highest BCUT2D eigenvalue weighted by molar-refractivity contribution is 7.92. The summed E-state index contributed by atoms with van der Waals surface area (Å²) in [7, 11) is -4.03. The summed E-state index contributed by atoms with van der Waals surface area (Å²) in [6.45, 7) is 0. The van der Waals surface area contributed by atoms with Gasteiger partial charge in [0, 0.05) is 5.92 Å². The van der Waals surface area contributed by atoms with Crippen LogP contribution in [0.15, 0.2) is 41.3 Å². The molecular formula is C17H20F3N3O2S. The first-order valence-electron chi connectivity index (χ1n) is 8.52. The molecule has 2 aromatic rings. The fourth-order valence-corrected chi connectivity index (χ4v) is 4.23. The van der Waals surface area contributed by atoms with Crippen molar-refractivity contribution in [3.05, 3.63) is 47.8 Å². The number of halogens is 3. The van der Waals surface area contributed by atoms with E-state index in [2.05, 4.69) is 9.93 Å². The predicted octanol–water partition coefficient (Wildman–Crippen LogP) is 4.27. The van der Waals surface area contributed by atoms with Gasteiger partial charge in [0.15, 0.2) is 5.69 Å². The van der Waals surface area contributed by atoms with Crippen LogP contribution in [0.2, 0.25) is 0 Å². The third kappa shape index (κ3) is 4.20. The van der Waals surface area contributed by atoms with E-state index in [1.165, 1.54) is 12.1 Å². The number of benzene rings is 1. The summed E-state index contributed by atoms with van der Waals surface area (Å²) in [5, 5.41) is 3.50. The van der Waals surface area contributed by atoms with Crippen molar-refractivity contribution in [2.24, 2.45) is 0 Å². The van der Waals surface area contributed by atoms with E-state index in [0.717, 1.165) is 49.4 Å². The molecule has 1 aromatic carbocycles. The lowest BCUT2D eigenvalue weighted by Crippen LogP contribution is -2.27. The zero-order valence-corrected chi connectivity index (χ0v) is 14.9. The minimum Gasteiger partial charge on any atom is -0.200 e. The van der Waals surface area contributed by atoms with Crippen LogP contribution in [0.1, 0.15) is 55.8 Å². The van der Waals surface area contributed by atoms with Gasteiger partial charge >= 0.3 is 6.18 Å². The van der Waals surface area contributed by atoms with E-state index in [9.17, 15) is 21.6 Å². The van der Waals surface area contributed by atoms with E-state index in [0.29, 0.717) is 0 Å². The van der Waals surface area contributed by atoms with Crippen molar-refractivity contribution in [1.29, 1.82) is 0 Å². The Hall–Kier alpha value is -2.03. The van der Waals surface area contributed by atoms with E-state index in [1.54, 1.807) is 18.2 Å². The third-order valence-corrected chi connectivity index (χ3v) is 5.87. The molecule has 1 N–H and O–H groups in total. The fourth-order valence-electron chi connectivity index (χ4n) is 3.24. The van der Waals surface area contributed by atoms with E-state index in [4.69, 9.17) is 0 Å². The van der Waals surface area contributed by atoms with Gasteiger partial charge in [0.2, 0.25) is 0 Å². The van der Waals surface area contributed by atoms with Crippen LogP contribution >= 0.6 is 0 Å². The monoisotopic (exact) mass is 387 g/mol. The van der Waals surface area contributed by atoms with E-state index >= 15 is 0 Å². The molecule has 1 aliphatic rings. The minimum absolute atomic E-state index is 0.0316. The molecule has 0 aliphatic heterocycles. The Bertz CT molecular complexity index is 840. The molecule has 0 atom stereocenters. The van der Waals surface area contributed by atoms with Crippen LogP contribution < -0.4 is 4.83 Å². The first kappa shape index (κ1) is 18.8. The summed E-state index contributed by atoms with van der Waals surface area (Å²) >= 11 is 0. The summed E-state index contributed by atoms with van der Waals surface area (Å²) in [4.78, 5) is 2.95. The van der Waals surface area contributed by atoms with E-state index < -0.39 is 21.9 Å². The summed E-state index contributed by atoms with van der Waals surface area (Å²) in [6, 6.07) is 8.47. The van der Waals surface area contributed by atoms with Gasteiger partial charge in [0.05, 0.1) is 10.6 Å². The molecule has 0 saturated heterocycles. The Kier molecular flexibility index (Phi) is 5.27. The number of nitrogens with one attached hydrogen (secondary N) is 1. The van der Waals surface area contributed by atoms with Crippen LogP contribution in [0.4, 0.5) is 13.2 Å². The number of sulfonamides is 1. The van der Waals surface area contributed by atoms with Gasteiger partial charge in [0.1, 0.15) is 0 Å². The lowest BCUT2D eigenvalue weighted by molar-refractivity contribution is -0.141. The SMILES string of the molecule is O=S(=O)(Nn1nc(C(F)(F)F)cc1C1CCCCCC1)c1ccccc1. The molecule has 1 heterocycles. The van der Waals surface area contributed by atoms with E-state index in [1.807, 2.05) is 0 Å². The van der Waals surface area contributed by atoms with Crippen LogP contribution in [-0.4, -0.2) is 18.3 Å². The average Bonchev–Trinajstić information content (AvgIpc) is 2.82. The van der Waals surface area contributed by atoms with Crippen LogP contribution in [0.3, 0.4) is 0 Å². The highest BCUT2D eigenvalue weighted by Crippen LogP contribution is 2.35.